The largest absolute Gasteiger partial charge is 0.545 e. The van der Waals surface area contributed by atoms with Crippen molar-refractivity contribution in [3.05, 3.63) is 102 Å². The molecule has 3 aromatic rings. The highest BCUT2D eigenvalue weighted by molar-refractivity contribution is 7.07. The number of carboxylic acid groups (broad SMARTS) is 1. The van der Waals surface area contributed by atoms with E-state index in [4.69, 9.17) is 4.74 Å². The number of aromatic carboxylic acids is 1. The van der Waals surface area contributed by atoms with E-state index in [2.05, 4.69) is 4.99 Å². The van der Waals surface area contributed by atoms with Crippen molar-refractivity contribution in [3.8, 4) is 0 Å². The molecule has 1 aliphatic heterocycles. The standard InChI is InChI=1S/C24H19FN2O5S/c1-3-32-23(31)19-13(2)26-24-27(20(19)15-8-10-17(25)11-9-15)21(28)18(33-24)12-14-4-6-16(7-5-14)22(29)30/h4-12,20H,3H2,1-2H3,(H,29,30)/p-1/b18-12+/t20-/m0/s1. The number of carbonyl (C=O) groups is 2. The van der Waals surface area contributed by atoms with Crippen LogP contribution in [-0.4, -0.2) is 23.1 Å². The number of carbonyl (C=O) groups excluding carboxylic acids is 2. The van der Waals surface area contributed by atoms with Crippen molar-refractivity contribution < 1.29 is 23.8 Å². The minimum Gasteiger partial charge on any atom is -0.545 e. The summed E-state index contributed by atoms with van der Waals surface area (Å²) < 4.78 is 20.5. The SMILES string of the molecule is CCOC(=O)C1=C(C)N=c2s/c(=C/c3ccc(C(=O)[O-])cc3)c(=O)n2[C@H]1c1ccc(F)cc1. The maximum atomic E-state index is 13.6. The normalized spacial score (nSPS) is 15.7. The lowest BCUT2D eigenvalue weighted by molar-refractivity contribution is -0.255. The molecule has 1 aliphatic rings. The highest BCUT2D eigenvalue weighted by Crippen LogP contribution is 2.30. The summed E-state index contributed by atoms with van der Waals surface area (Å²) in [5, 5.41) is 11.0. The van der Waals surface area contributed by atoms with E-state index in [9.17, 15) is 23.9 Å². The summed E-state index contributed by atoms with van der Waals surface area (Å²) in [4.78, 5) is 42.0. The second kappa shape index (κ2) is 8.95. The third-order valence-electron chi connectivity index (χ3n) is 5.15. The van der Waals surface area contributed by atoms with Gasteiger partial charge in [0, 0.05) is 0 Å². The van der Waals surface area contributed by atoms with Gasteiger partial charge in [0.1, 0.15) is 5.82 Å². The molecule has 0 N–H and O–H groups in total. The summed E-state index contributed by atoms with van der Waals surface area (Å²) in [6.07, 6.45) is 1.62. The molecule has 2 heterocycles. The summed E-state index contributed by atoms with van der Waals surface area (Å²) in [5.74, 6) is -2.33. The minimum atomic E-state index is -1.29. The number of hydrogen-bond acceptors (Lipinski definition) is 7. The Balaban J connectivity index is 1.90. The lowest BCUT2D eigenvalue weighted by atomic mass is 9.96. The van der Waals surface area contributed by atoms with Crippen LogP contribution >= 0.6 is 11.3 Å². The van der Waals surface area contributed by atoms with E-state index in [0.717, 1.165) is 11.3 Å². The average Bonchev–Trinajstić information content (AvgIpc) is 3.08. The number of aromatic nitrogens is 1. The van der Waals surface area contributed by atoms with Crippen molar-refractivity contribution in [1.82, 2.24) is 4.57 Å². The lowest BCUT2D eigenvalue weighted by Crippen LogP contribution is -2.39. The molecule has 9 heteroatoms. The van der Waals surface area contributed by atoms with Crippen LogP contribution in [0.4, 0.5) is 4.39 Å². The van der Waals surface area contributed by atoms with E-state index in [1.54, 1.807) is 32.1 Å². The van der Waals surface area contributed by atoms with Gasteiger partial charge in [-0.05, 0) is 48.7 Å². The van der Waals surface area contributed by atoms with Crippen molar-refractivity contribution in [1.29, 1.82) is 0 Å². The molecule has 2 aromatic carbocycles. The molecule has 4 rings (SSSR count). The van der Waals surface area contributed by atoms with E-state index in [1.165, 1.54) is 41.0 Å². The van der Waals surface area contributed by atoms with Gasteiger partial charge >= 0.3 is 5.97 Å². The number of esters is 1. The molecular formula is C24H18FN2O5S-. The van der Waals surface area contributed by atoms with Gasteiger partial charge in [-0.15, -0.1) is 0 Å². The van der Waals surface area contributed by atoms with Crippen LogP contribution in [0, 0.1) is 5.82 Å². The molecule has 0 fully saturated rings. The Hall–Kier alpha value is -3.85. The van der Waals surface area contributed by atoms with Crippen LogP contribution in [0.5, 0.6) is 0 Å². The Morgan fingerprint density at radius 2 is 1.85 bits per heavy atom. The Morgan fingerprint density at radius 1 is 1.18 bits per heavy atom. The maximum Gasteiger partial charge on any atom is 0.338 e. The molecule has 0 spiro atoms. The molecule has 33 heavy (non-hydrogen) atoms. The molecule has 0 saturated carbocycles. The van der Waals surface area contributed by atoms with E-state index >= 15 is 0 Å². The minimum absolute atomic E-state index is 0.0274. The van der Waals surface area contributed by atoms with E-state index < -0.39 is 23.8 Å². The zero-order valence-corrected chi connectivity index (χ0v) is 18.5. The van der Waals surface area contributed by atoms with Crippen LogP contribution in [0.3, 0.4) is 0 Å². The van der Waals surface area contributed by atoms with Gasteiger partial charge in [-0.3, -0.25) is 9.36 Å². The average molecular weight is 465 g/mol. The molecule has 0 saturated heterocycles. The van der Waals surface area contributed by atoms with Gasteiger partial charge in [0.2, 0.25) is 0 Å². The third-order valence-corrected chi connectivity index (χ3v) is 6.13. The number of benzene rings is 2. The molecule has 1 aromatic heterocycles. The molecule has 7 nitrogen and oxygen atoms in total. The summed E-state index contributed by atoms with van der Waals surface area (Å²) in [6, 6.07) is 10.7. The molecule has 0 unspecified atom stereocenters. The molecule has 0 amide bonds. The number of carboxylic acids is 1. The Kier molecular flexibility index (Phi) is 6.06. The molecule has 0 radical (unpaired) electrons. The van der Waals surface area contributed by atoms with E-state index in [1.807, 2.05) is 0 Å². The van der Waals surface area contributed by atoms with Crippen molar-refractivity contribution in [2.24, 2.45) is 4.99 Å². The third kappa shape index (κ3) is 4.27. The van der Waals surface area contributed by atoms with Gasteiger partial charge in [-0.2, -0.15) is 0 Å². The second-order valence-electron chi connectivity index (χ2n) is 7.26. The number of hydrogen-bond donors (Lipinski definition) is 0. The number of halogens is 1. The number of allylic oxidation sites excluding steroid dienone is 1. The Morgan fingerprint density at radius 3 is 2.45 bits per heavy atom. The van der Waals surface area contributed by atoms with Gasteiger partial charge in [0.25, 0.3) is 5.56 Å². The zero-order valence-electron chi connectivity index (χ0n) is 17.7. The summed E-state index contributed by atoms with van der Waals surface area (Å²) in [7, 11) is 0. The van der Waals surface area contributed by atoms with Gasteiger partial charge < -0.3 is 14.6 Å². The maximum absolute atomic E-state index is 13.6. The first-order valence-corrected chi connectivity index (χ1v) is 10.9. The van der Waals surface area contributed by atoms with Crippen LogP contribution in [0.25, 0.3) is 6.08 Å². The Labute approximate surface area is 191 Å². The fraction of sp³-hybridized carbons (Fsp3) is 0.167. The van der Waals surface area contributed by atoms with Crippen LogP contribution in [0.15, 0.2) is 69.6 Å². The van der Waals surface area contributed by atoms with E-state index in [-0.39, 0.29) is 23.3 Å². The van der Waals surface area contributed by atoms with Crippen molar-refractivity contribution >= 4 is 29.4 Å². The summed E-state index contributed by atoms with van der Waals surface area (Å²) in [5.41, 5.74) is 1.42. The van der Waals surface area contributed by atoms with Gasteiger partial charge in [-0.25, -0.2) is 14.2 Å². The Bertz CT molecular complexity index is 1450. The predicted molar refractivity (Wildman–Crippen MR) is 118 cm³/mol. The highest BCUT2D eigenvalue weighted by atomic mass is 32.1. The van der Waals surface area contributed by atoms with Crippen molar-refractivity contribution in [2.75, 3.05) is 6.61 Å². The molecular weight excluding hydrogens is 447 g/mol. The quantitative estimate of drug-likeness (QED) is 0.529. The van der Waals surface area contributed by atoms with Gasteiger partial charge in [0.05, 0.1) is 34.4 Å². The topological polar surface area (TPSA) is 101 Å². The molecule has 168 valence electrons. The molecule has 1 atom stereocenters. The summed E-state index contributed by atoms with van der Waals surface area (Å²) in [6.45, 7) is 3.50. The first kappa shape index (κ1) is 22.3. The van der Waals surface area contributed by atoms with E-state index in [0.29, 0.717) is 26.2 Å². The number of rotatable bonds is 5. The highest BCUT2D eigenvalue weighted by Gasteiger charge is 2.33. The molecule has 0 aliphatic carbocycles. The van der Waals surface area contributed by atoms with Crippen LogP contribution in [0.1, 0.15) is 41.4 Å². The van der Waals surface area contributed by atoms with Crippen LogP contribution in [0.2, 0.25) is 0 Å². The van der Waals surface area contributed by atoms with Gasteiger partial charge in [-0.1, -0.05) is 47.7 Å². The van der Waals surface area contributed by atoms with Crippen molar-refractivity contribution in [2.45, 2.75) is 19.9 Å². The monoisotopic (exact) mass is 465 g/mol. The summed E-state index contributed by atoms with van der Waals surface area (Å²) >= 11 is 1.14. The molecule has 0 bridgehead atoms. The number of thiazole rings is 1. The fourth-order valence-corrected chi connectivity index (χ4v) is 4.67. The van der Waals surface area contributed by atoms with Crippen LogP contribution < -0.4 is 20.0 Å². The first-order chi connectivity index (χ1) is 15.8. The fourth-order valence-electron chi connectivity index (χ4n) is 3.62. The van der Waals surface area contributed by atoms with Gasteiger partial charge in [0.15, 0.2) is 4.80 Å². The smallest absolute Gasteiger partial charge is 0.338 e. The van der Waals surface area contributed by atoms with Crippen LogP contribution in [-0.2, 0) is 9.53 Å². The number of fused-ring (bicyclic) bond motifs is 1. The number of nitrogens with zero attached hydrogens (tertiary/aromatic N) is 2. The first-order valence-electron chi connectivity index (χ1n) is 10.1. The lowest BCUT2D eigenvalue weighted by Gasteiger charge is -2.24. The zero-order chi connectivity index (χ0) is 23.7. The predicted octanol–water partition coefficient (Wildman–Crippen LogP) is 1.30. The second-order valence-corrected chi connectivity index (χ2v) is 8.27. The number of ether oxygens (including phenoxy) is 1. The van der Waals surface area contributed by atoms with Crippen molar-refractivity contribution in [3.63, 3.8) is 0 Å².